The molecule has 2 aliphatic rings. The van der Waals surface area contributed by atoms with E-state index >= 15 is 0 Å². The Balaban J connectivity index is 1.17. The van der Waals surface area contributed by atoms with Crippen molar-refractivity contribution in [1.29, 1.82) is 0 Å². The third-order valence-electron chi connectivity index (χ3n) is 6.09. The molecule has 0 bridgehead atoms. The fourth-order valence-corrected chi connectivity index (χ4v) is 4.26. The van der Waals surface area contributed by atoms with Crippen molar-refractivity contribution >= 4 is 23.3 Å². The summed E-state index contributed by atoms with van der Waals surface area (Å²) in [4.78, 5) is 40.8. The molecular weight excluding hydrogens is 392 g/mol. The van der Waals surface area contributed by atoms with Crippen LogP contribution in [-0.2, 0) is 27.2 Å². The Morgan fingerprint density at radius 2 is 1.58 bits per heavy atom. The van der Waals surface area contributed by atoms with Crippen LogP contribution in [0.1, 0.15) is 40.7 Å². The van der Waals surface area contributed by atoms with E-state index in [0.717, 1.165) is 38.0 Å². The molecule has 1 saturated heterocycles. The number of carbonyl (C=O) groups is 3. The average Bonchev–Trinajstić information content (AvgIpc) is 3.29. The molecule has 0 aromatic heterocycles. The van der Waals surface area contributed by atoms with E-state index in [2.05, 4.69) is 17.0 Å². The second-order valence-corrected chi connectivity index (χ2v) is 8.12. The van der Waals surface area contributed by atoms with Crippen molar-refractivity contribution in [3.8, 4) is 0 Å². The second kappa shape index (κ2) is 9.77. The third kappa shape index (κ3) is 5.32. The summed E-state index contributed by atoms with van der Waals surface area (Å²) >= 11 is 0. The first-order chi connectivity index (χ1) is 15.1. The Hall–Kier alpha value is -3.15. The lowest BCUT2D eigenvalue weighted by atomic mass is 10.0. The van der Waals surface area contributed by atoms with Crippen LogP contribution in [0.15, 0.2) is 48.5 Å². The van der Waals surface area contributed by atoms with Crippen LogP contribution >= 0.6 is 0 Å². The molecule has 0 spiro atoms. The van der Waals surface area contributed by atoms with Gasteiger partial charge in [-0.05, 0) is 48.6 Å². The molecule has 6 nitrogen and oxygen atoms in total. The lowest BCUT2D eigenvalue weighted by Gasteiger charge is -2.36. The number of aryl methyl sites for hydroxylation is 2. The van der Waals surface area contributed by atoms with E-state index in [0.29, 0.717) is 18.7 Å². The maximum absolute atomic E-state index is 12.4. The van der Waals surface area contributed by atoms with Crippen LogP contribution in [0.25, 0.3) is 0 Å². The van der Waals surface area contributed by atoms with Crippen molar-refractivity contribution in [3.63, 3.8) is 0 Å². The Morgan fingerprint density at radius 1 is 0.839 bits per heavy atom. The average molecular weight is 421 g/mol. The van der Waals surface area contributed by atoms with Gasteiger partial charge in [0.15, 0.2) is 12.4 Å². The van der Waals surface area contributed by atoms with Gasteiger partial charge in [-0.2, -0.15) is 0 Å². The number of esters is 1. The minimum absolute atomic E-state index is 0.00895. The van der Waals surface area contributed by atoms with E-state index in [1.54, 1.807) is 4.90 Å². The number of benzene rings is 2. The van der Waals surface area contributed by atoms with Crippen LogP contribution in [0.2, 0.25) is 0 Å². The molecule has 2 aromatic rings. The van der Waals surface area contributed by atoms with Crippen molar-refractivity contribution in [2.45, 2.75) is 32.1 Å². The second-order valence-electron chi connectivity index (χ2n) is 8.12. The first kappa shape index (κ1) is 21.1. The monoisotopic (exact) mass is 420 g/mol. The van der Waals surface area contributed by atoms with E-state index in [-0.39, 0.29) is 31.1 Å². The fraction of sp³-hybridized carbons (Fsp3) is 0.400. The molecule has 0 saturated carbocycles. The highest BCUT2D eigenvalue weighted by Crippen LogP contribution is 2.23. The summed E-state index contributed by atoms with van der Waals surface area (Å²) in [6, 6.07) is 15.9. The molecule has 1 amide bonds. The number of ketones is 1. The van der Waals surface area contributed by atoms with E-state index in [9.17, 15) is 14.4 Å². The molecule has 1 fully saturated rings. The van der Waals surface area contributed by atoms with Gasteiger partial charge in [0.2, 0.25) is 0 Å². The van der Waals surface area contributed by atoms with Gasteiger partial charge in [-0.15, -0.1) is 0 Å². The number of hydrogen-bond donors (Lipinski definition) is 0. The Kier molecular flexibility index (Phi) is 6.65. The van der Waals surface area contributed by atoms with Gasteiger partial charge in [0.1, 0.15) is 0 Å². The Morgan fingerprint density at radius 3 is 2.35 bits per heavy atom. The highest BCUT2D eigenvalue weighted by Gasteiger charge is 2.22. The van der Waals surface area contributed by atoms with E-state index in [1.807, 2.05) is 36.4 Å². The molecular formula is C25H28N2O4. The number of fused-ring (bicyclic) bond motifs is 1. The van der Waals surface area contributed by atoms with Gasteiger partial charge in [0, 0.05) is 43.9 Å². The number of hydrogen-bond acceptors (Lipinski definition) is 5. The lowest BCUT2D eigenvalue weighted by Crippen LogP contribution is -2.49. The first-order valence-electron chi connectivity index (χ1n) is 11.0. The number of Topliss-reactive ketones (excluding diaryl/α,β-unsaturated/α-hetero) is 1. The number of ether oxygens (including phenoxy) is 1. The van der Waals surface area contributed by atoms with Crippen molar-refractivity contribution in [1.82, 2.24) is 4.90 Å². The molecule has 0 unspecified atom stereocenters. The van der Waals surface area contributed by atoms with Gasteiger partial charge in [-0.3, -0.25) is 14.4 Å². The zero-order chi connectivity index (χ0) is 21.6. The normalized spacial score (nSPS) is 15.5. The quantitative estimate of drug-likeness (QED) is 0.509. The predicted molar refractivity (Wildman–Crippen MR) is 118 cm³/mol. The minimum Gasteiger partial charge on any atom is -0.456 e. The predicted octanol–water partition coefficient (Wildman–Crippen LogP) is 3.03. The topological polar surface area (TPSA) is 66.9 Å². The molecule has 6 heteroatoms. The lowest BCUT2D eigenvalue weighted by molar-refractivity contribution is -0.152. The summed E-state index contributed by atoms with van der Waals surface area (Å²) < 4.78 is 5.13. The number of rotatable bonds is 7. The highest BCUT2D eigenvalue weighted by molar-refractivity contribution is 5.98. The van der Waals surface area contributed by atoms with Crippen LogP contribution in [0, 0.1) is 0 Å². The minimum atomic E-state index is -0.509. The van der Waals surface area contributed by atoms with Gasteiger partial charge >= 0.3 is 5.97 Å². The summed E-state index contributed by atoms with van der Waals surface area (Å²) in [6.07, 6.45) is 3.31. The molecule has 4 rings (SSSR count). The molecule has 162 valence electrons. The highest BCUT2D eigenvalue weighted by atomic mass is 16.5. The molecule has 0 atom stereocenters. The van der Waals surface area contributed by atoms with E-state index < -0.39 is 5.97 Å². The summed E-state index contributed by atoms with van der Waals surface area (Å²) in [6.45, 7) is 2.43. The summed E-state index contributed by atoms with van der Waals surface area (Å²) in [5, 5.41) is 0. The molecule has 2 aromatic carbocycles. The largest absolute Gasteiger partial charge is 0.456 e. The maximum Gasteiger partial charge on any atom is 0.306 e. The zero-order valence-electron chi connectivity index (χ0n) is 17.7. The zero-order valence-corrected chi connectivity index (χ0v) is 17.7. The summed E-state index contributed by atoms with van der Waals surface area (Å²) in [5.74, 6) is -0.758. The van der Waals surface area contributed by atoms with Crippen LogP contribution in [0.3, 0.4) is 0 Å². The summed E-state index contributed by atoms with van der Waals surface area (Å²) in [7, 11) is 0. The third-order valence-corrected chi connectivity index (χ3v) is 6.09. The molecule has 31 heavy (non-hydrogen) atoms. The van der Waals surface area contributed by atoms with Gasteiger partial charge in [-0.1, -0.05) is 30.3 Å². The van der Waals surface area contributed by atoms with Crippen LogP contribution < -0.4 is 4.90 Å². The molecule has 1 aliphatic carbocycles. The van der Waals surface area contributed by atoms with Crippen molar-refractivity contribution < 1.29 is 19.1 Å². The summed E-state index contributed by atoms with van der Waals surface area (Å²) in [5.41, 5.74) is 4.36. The number of para-hydroxylation sites is 1. The van der Waals surface area contributed by atoms with Crippen molar-refractivity contribution in [2.24, 2.45) is 0 Å². The SMILES string of the molecule is O=C(CCC(=O)c1ccc2c(c1)CCC2)OCC(=O)N1CCN(c2ccccc2)CC1. The first-order valence-corrected chi connectivity index (χ1v) is 11.0. The number of piperazine rings is 1. The number of carbonyl (C=O) groups excluding carboxylic acids is 3. The van der Waals surface area contributed by atoms with Crippen molar-refractivity contribution in [2.75, 3.05) is 37.7 Å². The van der Waals surface area contributed by atoms with Crippen LogP contribution in [0.5, 0.6) is 0 Å². The van der Waals surface area contributed by atoms with Crippen LogP contribution in [0.4, 0.5) is 5.69 Å². The van der Waals surface area contributed by atoms with Gasteiger partial charge < -0.3 is 14.5 Å². The van der Waals surface area contributed by atoms with E-state index in [1.165, 1.54) is 11.1 Å². The van der Waals surface area contributed by atoms with Gasteiger partial charge in [-0.25, -0.2) is 0 Å². The number of nitrogens with zero attached hydrogens (tertiary/aromatic N) is 2. The number of amides is 1. The molecule has 0 radical (unpaired) electrons. The van der Waals surface area contributed by atoms with Crippen molar-refractivity contribution in [3.05, 3.63) is 65.2 Å². The van der Waals surface area contributed by atoms with Gasteiger partial charge in [0.05, 0.1) is 6.42 Å². The van der Waals surface area contributed by atoms with E-state index in [4.69, 9.17) is 4.74 Å². The standard InChI is InChI=1S/C25H28N2O4/c28-23(21-10-9-19-5-4-6-20(19)17-21)11-12-25(30)31-18-24(29)27-15-13-26(14-16-27)22-7-2-1-3-8-22/h1-3,7-10,17H,4-6,11-16,18H2. The van der Waals surface area contributed by atoms with Crippen LogP contribution in [-0.4, -0.2) is 55.3 Å². The number of anilines is 1. The fourth-order valence-electron chi connectivity index (χ4n) is 4.26. The van der Waals surface area contributed by atoms with Gasteiger partial charge in [0.25, 0.3) is 5.91 Å². The molecule has 0 N–H and O–H groups in total. The molecule has 1 aliphatic heterocycles. The smallest absolute Gasteiger partial charge is 0.306 e. The maximum atomic E-state index is 12.4. The molecule has 1 heterocycles. The Labute approximate surface area is 182 Å². The Bertz CT molecular complexity index is 949.